The van der Waals surface area contributed by atoms with Gasteiger partial charge in [-0.3, -0.25) is 0 Å². The lowest BCUT2D eigenvalue weighted by molar-refractivity contribution is -0.139. The number of ether oxygens (including phenoxy) is 3. The molecule has 0 saturated heterocycles. The van der Waals surface area contributed by atoms with E-state index in [1.54, 1.807) is 13.8 Å². The Morgan fingerprint density at radius 1 is 1.08 bits per heavy atom. The van der Waals surface area contributed by atoms with Gasteiger partial charge in [0.15, 0.2) is 0 Å². The van der Waals surface area contributed by atoms with Gasteiger partial charge < -0.3 is 19.3 Å². The van der Waals surface area contributed by atoms with E-state index in [2.05, 4.69) is 31.4 Å². The molecule has 1 aromatic rings. The molecule has 0 bridgehead atoms. The number of hydrogen-bond donors (Lipinski definition) is 1. The normalized spacial score (nSPS) is 22.1. The van der Waals surface area contributed by atoms with Crippen LogP contribution in [0.2, 0.25) is 0 Å². The molecule has 0 amide bonds. The van der Waals surface area contributed by atoms with Gasteiger partial charge in [0.1, 0.15) is 30.9 Å². The Morgan fingerprint density at radius 2 is 1.84 bits per heavy atom. The van der Waals surface area contributed by atoms with Crippen LogP contribution in [0.1, 0.15) is 38.7 Å². The molecule has 202 valence electrons. The van der Waals surface area contributed by atoms with Gasteiger partial charge in [-0.05, 0) is 67.5 Å². The number of carbonyl (C=O) groups excluding carboxylic acids is 1. The Morgan fingerprint density at radius 3 is 2.47 bits per heavy atom. The summed E-state index contributed by atoms with van der Waals surface area (Å²) < 4.78 is 30.9. The van der Waals surface area contributed by atoms with Crippen LogP contribution in [0.25, 0.3) is 6.08 Å². The number of halogens is 1. The van der Waals surface area contributed by atoms with Crippen LogP contribution in [0.3, 0.4) is 0 Å². The summed E-state index contributed by atoms with van der Waals surface area (Å²) in [6.45, 7) is 10.9. The minimum Gasteiger partial charge on any atom is -0.490 e. The molecule has 0 spiro atoms. The van der Waals surface area contributed by atoms with Gasteiger partial charge in [0, 0.05) is 17.9 Å². The molecule has 5 nitrogen and oxygen atoms in total. The van der Waals surface area contributed by atoms with E-state index < -0.39 is 18.4 Å². The van der Waals surface area contributed by atoms with E-state index in [1.807, 2.05) is 54.6 Å². The third-order valence-electron chi connectivity index (χ3n) is 6.21. The van der Waals surface area contributed by atoms with Crippen molar-refractivity contribution in [3.05, 3.63) is 108 Å². The Bertz CT molecular complexity index is 1140. The van der Waals surface area contributed by atoms with Crippen LogP contribution in [0.5, 0.6) is 5.75 Å². The summed E-state index contributed by atoms with van der Waals surface area (Å²) in [5.41, 5.74) is 3.02. The summed E-state index contributed by atoms with van der Waals surface area (Å²) in [6, 6.07) is 7.47. The van der Waals surface area contributed by atoms with E-state index in [1.165, 1.54) is 0 Å². The van der Waals surface area contributed by atoms with Crippen molar-refractivity contribution < 1.29 is 28.5 Å². The van der Waals surface area contributed by atoms with E-state index in [4.69, 9.17) is 14.2 Å². The van der Waals surface area contributed by atoms with Crippen LogP contribution in [-0.4, -0.2) is 36.8 Å². The maximum atomic E-state index is 14.9. The van der Waals surface area contributed by atoms with Crippen LogP contribution in [0, 0.1) is 11.8 Å². The van der Waals surface area contributed by atoms with Gasteiger partial charge in [0.2, 0.25) is 6.29 Å². The van der Waals surface area contributed by atoms with E-state index in [-0.39, 0.29) is 25.0 Å². The molecule has 2 aliphatic carbocycles. The summed E-state index contributed by atoms with van der Waals surface area (Å²) >= 11 is 0. The number of hydrogen-bond acceptors (Lipinski definition) is 5. The maximum Gasteiger partial charge on any atom is 0.333 e. The number of aliphatic hydroxyl groups is 1. The molecule has 4 unspecified atom stereocenters. The molecule has 0 heterocycles. The molecule has 4 atom stereocenters. The van der Waals surface area contributed by atoms with Gasteiger partial charge in [0.25, 0.3) is 0 Å². The summed E-state index contributed by atoms with van der Waals surface area (Å²) in [4.78, 5) is 11.4. The molecule has 0 radical (unpaired) electrons. The summed E-state index contributed by atoms with van der Waals surface area (Å²) in [7, 11) is 0. The molecule has 1 aromatic carbocycles. The molecular formula is C32H37FO5. The third kappa shape index (κ3) is 9.34. The predicted octanol–water partition coefficient (Wildman–Crippen LogP) is 6.80. The number of aliphatic hydroxyl groups excluding tert-OH is 1. The van der Waals surface area contributed by atoms with Crippen molar-refractivity contribution >= 4 is 12.0 Å². The second kappa shape index (κ2) is 14.3. The fourth-order valence-electron chi connectivity index (χ4n) is 3.89. The van der Waals surface area contributed by atoms with Gasteiger partial charge in [-0.1, -0.05) is 67.8 Å². The van der Waals surface area contributed by atoms with Crippen LogP contribution in [0.15, 0.2) is 102 Å². The Kier molecular flexibility index (Phi) is 10.9. The first-order valence-electron chi connectivity index (χ1n) is 12.9. The summed E-state index contributed by atoms with van der Waals surface area (Å²) in [6.07, 6.45) is 15.8. The highest BCUT2D eigenvalue weighted by Gasteiger charge is 2.23. The SMILES string of the molecule is C=C(C)C(=O)OCCOc1ccc(/C=C/C2C=CC(/C=C/C3=CC=C(OC(O)C(=C)C)CC3)CC2F)cc1. The lowest BCUT2D eigenvalue weighted by Gasteiger charge is -2.23. The summed E-state index contributed by atoms with van der Waals surface area (Å²) in [5.74, 6) is 0.751. The number of alkyl halides is 1. The standard InChI is InChI=1S/C32H37FO5/c1-22(2)31(34)37-20-19-36-28-15-9-25(10-16-28)7-13-27-14-8-26(21-30(27)33)6-5-24-11-17-29(18-12-24)38-32(35)23(3)4/h5-11,13-17,26-27,30,32,35H,1,3,12,18-21H2,2,4H3/b6-5+,13-7+. The first kappa shape index (κ1) is 28.9. The fourth-order valence-corrected chi connectivity index (χ4v) is 3.89. The van der Waals surface area contributed by atoms with Crippen molar-refractivity contribution in [1.82, 2.24) is 0 Å². The number of allylic oxidation sites excluding steroid dienone is 9. The average Bonchev–Trinajstić information content (AvgIpc) is 2.90. The molecular weight excluding hydrogens is 483 g/mol. The van der Waals surface area contributed by atoms with Crippen molar-refractivity contribution in [2.75, 3.05) is 13.2 Å². The zero-order valence-electron chi connectivity index (χ0n) is 22.1. The second-order valence-electron chi connectivity index (χ2n) is 9.62. The molecule has 6 heteroatoms. The third-order valence-corrected chi connectivity index (χ3v) is 6.21. The van der Waals surface area contributed by atoms with Crippen molar-refractivity contribution in [3.8, 4) is 5.75 Å². The largest absolute Gasteiger partial charge is 0.490 e. The molecule has 0 saturated carbocycles. The van der Waals surface area contributed by atoms with Gasteiger partial charge in [-0.2, -0.15) is 0 Å². The number of rotatable bonds is 12. The van der Waals surface area contributed by atoms with E-state index in [9.17, 15) is 14.3 Å². The molecule has 2 aliphatic rings. The monoisotopic (exact) mass is 520 g/mol. The Balaban J connectivity index is 1.45. The fraction of sp³-hybridized carbons (Fsp3) is 0.344. The molecule has 38 heavy (non-hydrogen) atoms. The highest BCUT2D eigenvalue weighted by molar-refractivity contribution is 5.86. The van der Waals surface area contributed by atoms with E-state index >= 15 is 0 Å². The van der Waals surface area contributed by atoms with Gasteiger partial charge in [-0.25, -0.2) is 9.18 Å². The summed E-state index contributed by atoms with van der Waals surface area (Å²) in [5, 5.41) is 9.78. The van der Waals surface area contributed by atoms with Gasteiger partial charge in [-0.15, -0.1) is 0 Å². The minimum atomic E-state index is -0.979. The van der Waals surface area contributed by atoms with Crippen molar-refractivity contribution in [2.24, 2.45) is 11.8 Å². The lowest BCUT2D eigenvalue weighted by atomic mass is 9.85. The van der Waals surface area contributed by atoms with Crippen molar-refractivity contribution in [1.29, 1.82) is 0 Å². The first-order valence-corrected chi connectivity index (χ1v) is 12.9. The Labute approximate surface area is 225 Å². The highest BCUT2D eigenvalue weighted by atomic mass is 19.1. The second-order valence-corrected chi connectivity index (χ2v) is 9.62. The van der Waals surface area contributed by atoms with Crippen LogP contribution in [0.4, 0.5) is 4.39 Å². The number of esters is 1. The predicted molar refractivity (Wildman–Crippen MR) is 149 cm³/mol. The van der Waals surface area contributed by atoms with Crippen molar-refractivity contribution in [2.45, 2.75) is 45.6 Å². The first-order chi connectivity index (χ1) is 18.2. The molecule has 0 aliphatic heterocycles. The van der Waals surface area contributed by atoms with Gasteiger partial charge in [0.05, 0.1) is 0 Å². The topological polar surface area (TPSA) is 65.0 Å². The average molecular weight is 521 g/mol. The smallest absolute Gasteiger partial charge is 0.333 e. The van der Waals surface area contributed by atoms with E-state index in [0.717, 1.165) is 23.3 Å². The molecule has 1 N–H and O–H groups in total. The molecule has 0 fully saturated rings. The molecule has 0 aromatic heterocycles. The zero-order valence-corrected chi connectivity index (χ0v) is 22.1. The number of carbonyl (C=O) groups is 1. The van der Waals surface area contributed by atoms with Crippen molar-refractivity contribution in [3.63, 3.8) is 0 Å². The van der Waals surface area contributed by atoms with Crippen LogP contribution < -0.4 is 4.74 Å². The lowest BCUT2D eigenvalue weighted by Crippen LogP contribution is -2.19. The Hall–Kier alpha value is -3.64. The van der Waals surface area contributed by atoms with Crippen LogP contribution >= 0.6 is 0 Å². The quantitative estimate of drug-likeness (QED) is 0.108. The number of benzene rings is 1. The van der Waals surface area contributed by atoms with E-state index in [0.29, 0.717) is 29.7 Å². The highest BCUT2D eigenvalue weighted by Crippen LogP contribution is 2.29. The van der Waals surface area contributed by atoms with Gasteiger partial charge >= 0.3 is 5.97 Å². The zero-order chi connectivity index (χ0) is 27.5. The molecule has 3 rings (SSSR count). The maximum absolute atomic E-state index is 14.9. The minimum absolute atomic E-state index is 0.0496. The van der Waals surface area contributed by atoms with Crippen LogP contribution in [-0.2, 0) is 14.3 Å².